The Kier molecular flexibility index (Phi) is 4.76. The van der Waals surface area contributed by atoms with Gasteiger partial charge >= 0.3 is 0 Å². The molecule has 1 aliphatic rings. The number of carbonyl (C=O) groups is 1. The van der Waals surface area contributed by atoms with E-state index < -0.39 is 0 Å². The summed E-state index contributed by atoms with van der Waals surface area (Å²) in [5.74, 6) is 1.06. The number of anilines is 1. The minimum Gasteiger partial charge on any atom is -0.489 e. The van der Waals surface area contributed by atoms with E-state index in [1.807, 2.05) is 24.3 Å². The van der Waals surface area contributed by atoms with E-state index in [2.05, 4.69) is 0 Å². The molecule has 1 aliphatic heterocycles. The summed E-state index contributed by atoms with van der Waals surface area (Å²) in [4.78, 5) is 13.8. The smallest absolute Gasteiger partial charge is 0.227 e. The Morgan fingerprint density at radius 3 is 2.84 bits per heavy atom. The summed E-state index contributed by atoms with van der Waals surface area (Å²) < 4.78 is 10.6. The standard InChI is InChI=1S/C14H20N2O3/c1-18-6-7-19-13-5-3-2-4-12(13)16-10-11(9-15)8-14(16)17/h2-5,11H,6-10,15H2,1H3. The second-order valence-electron chi connectivity index (χ2n) is 4.62. The molecule has 0 aromatic heterocycles. The minimum absolute atomic E-state index is 0.109. The highest BCUT2D eigenvalue weighted by Gasteiger charge is 2.31. The first kappa shape index (κ1) is 13.8. The largest absolute Gasteiger partial charge is 0.489 e. The molecular weight excluding hydrogens is 244 g/mol. The van der Waals surface area contributed by atoms with E-state index in [0.29, 0.717) is 38.5 Å². The van der Waals surface area contributed by atoms with Gasteiger partial charge in [-0.05, 0) is 24.6 Å². The van der Waals surface area contributed by atoms with Gasteiger partial charge in [0.25, 0.3) is 0 Å². The van der Waals surface area contributed by atoms with Gasteiger partial charge in [0, 0.05) is 20.1 Å². The van der Waals surface area contributed by atoms with Gasteiger partial charge in [-0.1, -0.05) is 12.1 Å². The second-order valence-corrected chi connectivity index (χ2v) is 4.62. The van der Waals surface area contributed by atoms with Crippen LogP contribution in [0.2, 0.25) is 0 Å². The molecule has 5 heteroatoms. The fourth-order valence-corrected chi connectivity index (χ4v) is 2.21. The number of para-hydroxylation sites is 2. The third kappa shape index (κ3) is 3.24. The molecule has 0 bridgehead atoms. The summed E-state index contributed by atoms with van der Waals surface area (Å²) in [5, 5.41) is 0. The molecular formula is C14H20N2O3. The number of benzene rings is 1. The summed E-state index contributed by atoms with van der Waals surface area (Å²) in [6.45, 7) is 2.19. The van der Waals surface area contributed by atoms with E-state index in [9.17, 15) is 4.79 Å². The summed E-state index contributed by atoms with van der Waals surface area (Å²) in [6.07, 6.45) is 0.517. The lowest BCUT2D eigenvalue weighted by Crippen LogP contribution is -2.26. The Bertz CT molecular complexity index is 436. The molecule has 1 aromatic carbocycles. The van der Waals surface area contributed by atoms with Gasteiger partial charge in [-0.15, -0.1) is 0 Å². The summed E-state index contributed by atoms with van der Waals surface area (Å²) in [6, 6.07) is 7.57. The van der Waals surface area contributed by atoms with Crippen molar-refractivity contribution in [3.05, 3.63) is 24.3 Å². The highest BCUT2D eigenvalue weighted by molar-refractivity contribution is 5.97. The van der Waals surface area contributed by atoms with E-state index in [4.69, 9.17) is 15.2 Å². The van der Waals surface area contributed by atoms with Crippen molar-refractivity contribution in [2.24, 2.45) is 11.7 Å². The van der Waals surface area contributed by atoms with Crippen molar-refractivity contribution < 1.29 is 14.3 Å². The molecule has 0 aliphatic carbocycles. The summed E-state index contributed by atoms with van der Waals surface area (Å²) in [7, 11) is 1.63. The lowest BCUT2D eigenvalue weighted by Gasteiger charge is -2.20. The zero-order valence-corrected chi connectivity index (χ0v) is 11.2. The van der Waals surface area contributed by atoms with Crippen molar-refractivity contribution in [1.29, 1.82) is 0 Å². The van der Waals surface area contributed by atoms with Gasteiger partial charge in [-0.3, -0.25) is 4.79 Å². The van der Waals surface area contributed by atoms with Crippen molar-refractivity contribution in [3.63, 3.8) is 0 Å². The van der Waals surface area contributed by atoms with Crippen LogP contribution in [0.15, 0.2) is 24.3 Å². The molecule has 104 valence electrons. The molecule has 0 spiro atoms. The van der Waals surface area contributed by atoms with Gasteiger partial charge in [-0.25, -0.2) is 0 Å². The number of hydrogen-bond acceptors (Lipinski definition) is 4. The molecule has 1 unspecified atom stereocenters. The molecule has 1 aromatic rings. The van der Waals surface area contributed by atoms with Crippen molar-refractivity contribution in [1.82, 2.24) is 0 Å². The SMILES string of the molecule is COCCOc1ccccc1N1CC(CN)CC1=O. The third-order valence-electron chi connectivity index (χ3n) is 3.24. The van der Waals surface area contributed by atoms with Crippen molar-refractivity contribution in [2.45, 2.75) is 6.42 Å². The lowest BCUT2D eigenvalue weighted by atomic mass is 10.1. The first-order chi connectivity index (χ1) is 9.26. The van der Waals surface area contributed by atoms with E-state index >= 15 is 0 Å². The highest BCUT2D eigenvalue weighted by atomic mass is 16.5. The van der Waals surface area contributed by atoms with Crippen LogP contribution in [-0.4, -0.2) is 39.3 Å². The van der Waals surface area contributed by atoms with Crippen LogP contribution >= 0.6 is 0 Å². The Labute approximate surface area is 113 Å². The molecule has 2 rings (SSSR count). The predicted octanol–water partition coefficient (Wildman–Crippen LogP) is 1.02. The van der Waals surface area contributed by atoms with Crippen molar-refractivity contribution in [2.75, 3.05) is 38.3 Å². The number of rotatable bonds is 6. The first-order valence-electron chi connectivity index (χ1n) is 6.47. The molecule has 0 saturated carbocycles. The molecule has 1 amide bonds. The number of nitrogens with two attached hydrogens (primary N) is 1. The molecule has 5 nitrogen and oxygen atoms in total. The monoisotopic (exact) mass is 264 g/mol. The van der Waals surface area contributed by atoms with Gasteiger partial charge in [0.1, 0.15) is 12.4 Å². The molecule has 1 heterocycles. The van der Waals surface area contributed by atoms with Crippen molar-refractivity contribution in [3.8, 4) is 5.75 Å². The topological polar surface area (TPSA) is 64.8 Å². The van der Waals surface area contributed by atoms with E-state index in [1.54, 1.807) is 12.0 Å². The van der Waals surface area contributed by atoms with E-state index in [0.717, 1.165) is 5.69 Å². The summed E-state index contributed by atoms with van der Waals surface area (Å²) in [5.41, 5.74) is 6.46. The van der Waals surface area contributed by atoms with Crippen LogP contribution in [-0.2, 0) is 9.53 Å². The van der Waals surface area contributed by atoms with Gasteiger partial charge in [0.15, 0.2) is 0 Å². The zero-order valence-electron chi connectivity index (χ0n) is 11.2. The van der Waals surface area contributed by atoms with Crippen LogP contribution in [0.25, 0.3) is 0 Å². The number of nitrogens with zero attached hydrogens (tertiary/aromatic N) is 1. The Hall–Kier alpha value is -1.59. The molecule has 0 radical (unpaired) electrons. The summed E-state index contributed by atoms with van der Waals surface area (Å²) >= 11 is 0. The van der Waals surface area contributed by atoms with Crippen LogP contribution in [0.4, 0.5) is 5.69 Å². The quantitative estimate of drug-likeness (QED) is 0.779. The zero-order chi connectivity index (χ0) is 13.7. The first-order valence-corrected chi connectivity index (χ1v) is 6.47. The fourth-order valence-electron chi connectivity index (χ4n) is 2.21. The predicted molar refractivity (Wildman–Crippen MR) is 73.3 cm³/mol. The Morgan fingerprint density at radius 2 is 2.16 bits per heavy atom. The molecule has 1 saturated heterocycles. The number of carbonyl (C=O) groups excluding carboxylic acids is 1. The molecule has 1 fully saturated rings. The van der Waals surface area contributed by atoms with Crippen molar-refractivity contribution >= 4 is 11.6 Å². The average molecular weight is 264 g/mol. The molecule has 2 N–H and O–H groups in total. The maximum Gasteiger partial charge on any atom is 0.227 e. The maximum absolute atomic E-state index is 12.0. The number of methoxy groups -OCH3 is 1. The van der Waals surface area contributed by atoms with Crippen LogP contribution in [0, 0.1) is 5.92 Å². The van der Waals surface area contributed by atoms with Gasteiger partial charge in [0.05, 0.1) is 12.3 Å². The maximum atomic E-state index is 12.0. The Morgan fingerprint density at radius 1 is 1.37 bits per heavy atom. The normalized spacial score (nSPS) is 18.9. The minimum atomic E-state index is 0.109. The van der Waals surface area contributed by atoms with E-state index in [-0.39, 0.29) is 11.8 Å². The number of hydrogen-bond donors (Lipinski definition) is 1. The Balaban J connectivity index is 2.13. The fraction of sp³-hybridized carbons (Fsp3) is 0.500. The van der Waals surface area contributed by atoms with Crippen LogP contribution in [0.5, 0.6) is 5.75 Å². The number of ether oxygens (including phenoxy) is 2. The average Bonchev–Trinajstić information content (AvgIpc) is 2.81. The molecule has 19 heavy (non-hydrogen) atoms. The number of amides is 1. The second kappa shape index (κ2) is 6.54. The van der Waals surface area contributed by atoms with Crippen LogP contribution in [0.3, 0.4) is 0 Å². The third-order valence-corrected chi connectivity index (χ3v) is 3.24. The highest BCUT2D eigenvalue weighted by Crippen LogP contribution is 2.32. The van der Waals surface area contributed by atoms with Gasteiger partial charge in [0.2, 0.25) is 5.91 Å². The van der Waals surface area contributed by atoms with Gasteiger partial charge in [-0.2, -0.15) is 0 Å². The van der Waals surface area contributed by atoms with E-state index in [1.165, 1.54) is 0 Å². The van der Waals surface area contributed by atoms with Crippen LogP contribution < -0.4 is 15.4 Å². The van der Waals surface area contributed by atoms with Crippen LogP contribution in [0.1, 0.15) is 6.42 Å². The lowest BCUT2D eigenvalue weighted by molar-refractivity contribution is -0.117. The molecule has 1 atom stereocenters. The van der Waals surface area contributed by atoms with Gasteiger partial charge < -0.3 is 20.1 Å².